The van der Waals surface area contributed by atoms with E-state index in [0.29, 0.717) is 13.0 Å². The van der Waals surface area contributed by atoms with Crippen LogP contribution in [0.1, 0.15) is 32.9 Å². The highest BCUT2D eigenvalue weighted by atomic mass is 32.2. The molecule has 4 rings (SSSR count). The molecule has 0 radical (unpaired) electrons. The van der Waals surface area contributed by atoms with Crippen molar-refractivity contribution in [3.8, 4) is 0 Å². The molecule has 0 saturated carbocycles. The smallest absolute Gasteiger partial charge is 0.267 e. The predicted molar refractivity (Wildman–Crippen MR) is 106 cm³/mol. The molecular formula is C21H20FN3O3S. The number of aromatic nitrogens is 2. The van der Waals surface area contributed by atoms with E-state index in [1.165, 1.54) is 22.5 Å². The van der Waals surface area contributed by atoms with Crippen molar-refractivity contribution in [3.63, 3.8) is 0 Å². The van der Waals surface area contributed by atoms with Crippen LogP contribution in [0.4, 0.5) is 4.39 Å². The summed E-state index contributed by atoms with van der Waals surface area (Å²) in [6.07, 6.45) is 0.629. The van der Waals surface area contributed by atoms with Crippen LogP contribution >= 0.6 is 0 Å². The lowest BCUT2D eigenvalue weighted by Crippen LogP contribution is -2.36. The molecule has 29 heavy (non-hydrogen) atoms. The first kappa shape index (κ1) is 19.5. The molecule has 2 heterocycles. The number of sulfonamides is 1. The van der Waals surface area contributed by atoms with Gasteiger partial charge in [-0.1, -0.05) is 30.3 Å². The Balaban J connectivity index is 1.72. The molecular weight excluding hydrogens is 393 g/mol. The molecule has 0 fully saturated rings. The van der Waals surface area contributed by atoms with E-state index in [4.69, 9.17) is 0 Å². The fourth-order valence-electron chi connectivity index (χ4n) is 3.75. The zero-order valence-corrected chi connectivity index (χ0v) is 16.9. The van der Waals surface area contributed by atoms with Gasteiger partial charge in [-0.25, -0.2) is 12.8 Å². The molecule has 8 heteroatoms. The number of rotatable bonds is 3. The monoisotopic (exact) mass is 413 g/mol. The summed E-state index contributed by atoms with van der Waals surface area (Å²) < 4.78 is 42.7. The maximum Gasteiger partial charge on any atom is 0.278 e. The van der Waals surface area contributed by atoms with Crippen LogP contribution in [0, 0.1) is 19.7 Å². The highest BCUT2D eigenvalue weighted by molar-refractivity contribution is 7.89. The van der Waals surface area contributed by atoms with E-state index in [2.05, 4.69) is 5.10 Å². The first-order valence-corrected chi connectivity index (χ1v) is 10.7. The number of fused-ring (bicyclic) bond motifs is 1. The summed E-state index contributed by atoms with van der Waals surface area (Å²) in [5.74, 6) is -1.12. The van der Waals surface area contributed by atoms with E-state index in [1.807, 2.05) is 24.3 Å². The molecule has 0 amide bonds. The number of benzene rings is 2. The first-order valence-electron chi connectivity index (χ1n) is 9.22. The van der Waals surface area contributed by atoms with E-state index >= 15 is 0 Å². The maximum absolute atomic E-state index is 13.5. The van der Waals surface area contributed by atoms with E-state index < -0.39 is 21.7 Å². The van der Waals surface area contributed by atoms with Crippen molar-refractivity contribution >= 4 is 15.9 Å². The van der Waals surface area contributed by atoms with Gasteiger partial charge in [0.05, 0.1) is 11.4 Å². The van der Waals surface area contributed by atoms with E-state index in [1.54, 1.807) is 13.8 Å². The van der Waals surface area contributed by atoms with Gasteiger partial charge in [0, 0.05) is 18.7 Å². The highest BCUT2D eigenvalue weighted by Gasteiger charge is 2.34. The van der Waals surface area contributed by atoms with Gasteiger partial charge in [0.2, 0.25) is 10.0 Å². The van der Waals surface area contributed by atoms with Crippen molar-refractivity contribution in [1.29, 1.82) is 0 Å². The molecule has 6 nitrogen and oxygen atoms in total. The van der Waals surface area contributed by atoms with Crippen LogP contribution in [-0.2, 0) is 23.0 Å². The normalized spacial score (nSPS) is 14.6. The Bertz CT molecular complexity index is 1220. The molecule has 1 aliphatic rings. The molecule has 0 saturated heterocycles. The summed E-state index contributed by atoms with van der Waals surface area (Å²) in [6.45, 7) is 3.75. The molecule has 0 spiro atoms. The van der Waals surface area contributed by atoms with E-state index in [9.17, 15) is 17.6 Å². The minimum atomic E-state index is -3.85. The van der Waals surface area contributed by atoms with Crippen molar-refractivity contribution in [2.24, 2.45) is 0 Å². The van der Waals surface area contributed by atoms with Gasteiger partial charge in [-0.05, 0) is 49.6 Å². The minimum absolute atomic E-state index is 0.0293. The first-order chi connectivity index (χ1) is 13.8. The van der Waals surface area contributed by atoms with Crippen molar-refractivity contribution in [3.05, 3.63) is 82.4 Å². The number of hydrogen-bond acceptors (Lipinski definition) is 4. The standard InChI is InChI=1S/C21H20FN3O3S/c1-14-20(15(2)25(23-14)21(26)17-8-5-9-19(22)12-17)29(27,28)24-11-10-16-6-3-4-7-18(16)13-24/h3-9,12H,10-11,13H2,1-2H3. The van der Waals surface area contributed by atoms with Gasteiger partial charge in [0.15, 0.2) is 0 Å². The molecule has 150 valence electrons. The zero-order chi connectivity index (χ0) is 20.8. The second kappa shape index (κ2) is 7.20. The van der Waals surface area contributed by atoms with Crippen molar-refractivity contribution in [1.82, 2.24) is 14.1 Å². The zero-order valence-electron chi connectivity index (χ0n) is 16.1. The molecule has 0 N–H and O–H groups in total. The Labute approximate surface area is 168 Å². The molecule has 2 aromatic carbocycles. The third kappa shape index (κ3) is 3.38. The second-order valence-corrected chi connectivity index (χ2v) is 8.96. The van der Waals surface area contributed by atoms with Crippen molar-refractivity contribution < 1.29 is 17.6 Å². The van der Waals surface area contributed by atoms with Crippen LogP contribution in [-0.4, -0.2) is 35.0 Å². The van der Waals surface area contributed by atoms with Crippen molar-refractivity contribution in [2.75, 3.05) is 6.54 Å². The summed E-state index contributed by atoms with van der Waals surface area (Å²) in [5.41, 5.74) is 2.68. The summed E-state index contributed by atoms with van der Waals surface area (Å²) in [6, 6.07) is 13.0. The highest BCUT2D eigenvalue weighted by Crippen LogP contribution is 2.28. The van der Waals surface area contributed by atoms with Gasteiger partial charge >= 0.3 is 0 Å². The van der Waals surface area contributed by atoms with Gasteiger partial charge < -0.3 is 0 Å². The summed E-state index contributed by atoms with van der Waals surface area (Å²) >= 11 is 0. The number of hydrogen-bond donors (Lipinski definition) is 0. The quantitative estimate of drug-likeness (QED) is 0.662. The van der Waals surface area contributed by atoms with Gasteiger partial charge in [-0.2, -0.15) is 14.1 Å². The molecule has 1 aliphatic heterocycles. The third-order valence-corrected chi connectivity index (χ3v) is 7.28. The number of halogens is 1. The van der Waals surface area contributed by atoms with E-state index in [-0.39, 0.29) is 28.4 Å². The minimum Gasteiger partial charge on any atom is -0.267 e. The lowest BCUT2D eigenvalue weighted by atomic mass is 10.0. The lowest BCUT2D eigenvalue weighted by Gasteiger charge is -2.28. The Morgan fingerprint density at radius 1 is 1.07 bits per heavy atom. The molecule has 0 atom stereocenters. The topological polar surface area (TPSA) is 72.3 Å². The number of aryl methyl sites for hydroxylation is 1. The molecule has 1 aromatic heterocycles. The average Bonchev–Trinajstić information content (AvgIpc) is 3.01. The van der Waals surface area contributed by atoms with Crippen molar-refractivity contribution in [2.45, 2.75) is 31.7 Å². The Hall–Kier alpha value is -2.84. The second-order valence-electron chi connectivity index (χ2n) is 7.08. The molecule has 3 aromatic rings. The number of carbonyl (C=O) groups excluding carboxylic acids is 1. The van der Waals surface area contributed by atoms with Crippen LogP contribution in [0.15, 0.2) is 53.4 Å². The lowest BCUT2D eigenvalue weighted by molar-refractivity contribution is 0.0941. The summed E-state index contributed by atoms with van der Waals surface area (Å²) in [5, 5.41) is 4.16. The fraction of sp³-hybridized carbons (Fsp3) is 0.238. The maximum atomic E-state index is 13.5. The van der Waals surface area contributed by atoms with Crippen LogP contribution in [0.5, 0.6) is 0 Å². The van der Waals surface area contributed by atoms with Crippen LogP contribution in [0.25, 0.3) is 0 Å². The van der Waals surface area contributed by atoms with Gasteiger partial charge in [-0.3, -0.25) is 4.79 Å². The molecule has 0 unspecified atom stereocenters. The summed E-state index contributed by atoms with van der Waals surface area (Å²) in [4.78, 5) is 12.8. The summed E-state index contributed by atoms with van der Waals surface area (Å²) in [7, 11) is -3.85. The fourth-order valence-corrected chi connectivity index (χ4v) is 5.52. The third-order valence-electron chi connectivity index (χ3n) is 5.18. The SMILES string of the molecule is Cc1nn(C(=O)c2cccc(F)c2)c(C)c1S(=O)(=O)N1CCc2ccccc2C1. The molecule has 0 bridgehead atoms. The van der Waals surface area contributed by atoms with Gasteiger partial charge in [0.1, 0.15) is 10.7 Å². The Morgan fingerprint density at radius 2 is 1.79 bits per heavy atom. The van der Waals surface area contributed by atoms with Gasteiger partial charge in [0.25, 0.3) is 5.91 Å². The van der Waals surface area contributed by atoms with Crippen LogP contribution in [0.2, 0.25) is 0 Å². The van der Waals surface area contributed by atoms with Crippen LogP contribution < -0.4 is 0 Å². The predicted octanol–water partition coefficient (Wildman–Crippen LogP) is 3.07. The largest absolute Gasteiger partial charge is 0.278 e. The Kier molecular flexibility index (Phi) is 4.84. The number of carbonyl (C=O) groups is 1. The Morgan fingerprint density at radius 3 is 2.52 bits per heavy atom. The average molecular weight is 413 g/mol. The van der Waals surface area contributed by atoms with Gasteiger partial charge in [-0.15, -0.1) is 0 Å². The number of nitrogens with zero attached hydrogens (tertiary/aromatic N) is 3. The molecule has 0 aliphatic carbocycles. The van der Waals surface area contributed by atoms with E-state index in [0.717, 1.165) is 21.9 Å². The van der Waals surface area contributed by atoms with Crippen LogP contribution in [0.3, 0.4) is 0 Å².